The average molecular weight is 281 g/mol. The molecule has 0 aliphatic heterocycles. The summed E-state index contributed by atoms with van der Waals surface area (Å²) in [5, 5.41) is 0. The van der Waals surface area contributed by atoms with Crippen LogP contribution in [0.25, 0.3) is 0 Å². The zero-order valence-corrected chi connectivity index (χ0v) is 12.8. The molecule has 1 saturated carbocycles. The van der Waals surface area contributed by atoms with Gasteiger partial charge in [0.25, 0.3) is 0 Å². The number of nitrogens with zero attached hydrogens (tertiary/aromatic N) is 1. The fourth-order valence-corrected chi connectivity index (χ4v) is 4.09. The van der Waals surface area contributed by atoms with Crippen molar-refractivity contribution in [3.63, 3.8) is 0 Å². The highest BCUT2D eigenvalue weighted by Gasteiger charge is 2.30. The van der Waals surface area contributed by atoms with Gasteiger partial charge < -0.3 is 0 Å². The molecule has 0 saturated heterocycles. The zero-order valence-electron chi connectivity index (χ0n) is 12.0. The molecule has 4 heteroatoms. The van der Waals surface area contributed by atoms with Crippen LogP contribution < -0.4 is 0 Å². The summed E-state index contributed by atoms with van der Waals surface area (Å²) < 4.78 is 26.7. The molecule has 0 radical (unpaired) electrons. The Hall–Kier alpha value is -0.870. The van der Waals surface area contributed by atoms with Crippen LogP contribution in [0.15, 0.2) is 29.2 Å². The van der Waals surface area contributed by atoms with Gasteiger partial charge in [-0.3, -0.25) is 0 Å². The van der Waals surface area contributed by atoms with Crippen molar-refractivity contribution in [2.75, 3.05) is 7.05 Å². The van der Waals surface area contributed by atoms with Crippen LogP contribution in [-0.2, 0) is 10.0 Å². The van der Waals surface area contributed by atoms with E-state index in [2.05, 4.69) is 6.92 Å². The highest BCUT2D eigenvalue weighted by atomic mass is 32.2. The summed E-state index contributed by atoms with van der Waals surface area (Å²) >= 11 is 0. The van der Waals surface area contributed by atoms with E-state index < -0.39 is 10.0 Å². The average Bonchev–Trinajstić information content (AvgIpc) is 2.39. The van der Waals surface area contributed by atoms with Crippen molar-refractivity contribution in [3.05, 3.63) is 29.8 Å². The molecular formula is C15H23NO2S. The molecule has 0 heterocycles. The van der Waals surface area contributed by atoms with E-state index in [1.165, 1.54) is 0 Å². The predicted octanol–water partition coefficient (Wildman–Crippen LogP) is 3.19. The van der Waals surface area contributed by atoms with Gasteiger partial charge in [0, 0.05) is 13.1 Å². The normalized spacial score (nSPS) is 24.6. The van der Waals surface area contributed by atoms with Crippen LogP contribution >= 0.6 is 0 Å². The topological polar surface area (TPSA) is 37.4 Å². The standard InChI is InChI=1S/C15H23NO2S/c1-12-4-8-14(9-5-12)16(3)19(17,18)15-10-6-13(2)7-11-15/h6-7,10-12,14H,4-5,8-9H2,1-3H3. The molecular weight excluding hydrogens is 258 g/mol. The fraction of sp³-hybridized carbons (Fsp3) is 0.600. The van der Waals surface area contributed by atoms with E-state index in [0.717, 1.165) is 37.2 Å². The maximum absolute atomic E-state index is 12.6. The van der Waals surface area contributed by atoms with Gasteiger partial charge >= 0.3 is 0 Å². The van der Waals surface area contributed by atoms with Gasteiger partial charge in [-0.15, -0.1) is 0 Å². The molecule has 0 bridgehead atoms. The third-order valence-electron chi connectivity index (χ3n) is 4.20. The Morgan fingerprint density at radius 1 is 1.05 bits per heavy atom. The van der Waals surface area contributed by atoms with E-state index in [9.17, 15) is 8.42 Å². The summed E-state index contributed by atoms with van der Waals surface area (Å²) in [5.74, 6) is 0.728. The predicted molar refractivity (Wildman–Crippen MR) is 77.5 cm³/mol. The molecule has 1 aliphatic carbocycles. The summed E-state index contributed by atoms with van der Waals surface area (Å²) in [4.78, 5) is 0.402. The Balaban J connectivity index is 2.17. The first-order valence-corrected chi connectivity index (χ1v) is 8.40. The maximum Gasteiger partial charge on any atom is 0.243 e. The summed E-state index contributed by atoms with van der Waals surface area (Å²) in [6, 6.07) is 7.26. The molecule has 1 aromatic rings. The lowest BCUT2D eigenvalue weighted by Crippen LogP contribution is -2.39. The lowest BCUT2D eigenvalue weighted by molar-refractivity contribution is 0.246. The monoisotopic (exact) mass is 281 g/mol. The Morgan fingerprint density at radius 2 is 1.58 bits per heavy atom. The van der Waals surface area contributed by atoms with Gasteiger partial charge in [0.05, 0.1) is 4.90 Å². The number of sulfonamides is 1. The SMILES string of the molecule is Cc1ccc(S(=O)(=O)N(C)C2CCC(C)CC2)cc1. The molecule has 19 heavy (non-hydrogen) atoms. The second-order valence-corrected chi connectivity index (χ2v) is 7.75. The molecule has 1 fully saturated rings. The molecule has 106 valence electrons. The number of benzene rings is 1. The Labute approximate surface area is 116 Å². The fourth-order valence-electron chi connectivity index (χ4n) is 2.68. The minimum atomic E-state index is -3.34. The van der Waals surface area contributed by atoms with E-state index in [-0.39, 0.29) is 6.04 Å². The van der Waals surface area contributed by atoms with E-state index >= 15 is 0 Å². The maximum atomic E-state index is 12.6. The Kier molecular flexibility index (Phi) is 4.31. The van der Waals surface area contributed by atoms with Gasteiger partial charge in [0.1, 0.15) is 0 Å². The molecule has 0 aromatic heterocycles. The van der Waals surface area contributed by atoms with E-state index in [0.29, 0.717) is 4.90 Å². The van der Waals surface area contributed by atoms with Crippen LogP contribution in [0.5, 0.6) is 0 Å². The zero-order chi connectivity index (χ0) is 14.0. The van der Waals surface area contributed by atoms with Crippen LogP contribution in [0.3, 0.4) is 0 Å². The van der Waals surface area contributed by atoms with Gasteiger partial charge in [0.15, 0.2) is 0 Å². The van der Waals surface area contributed by atoms with Gasteiger partial charge in [-0.05, 0) is 50.7 Å². The molecule has 0 N–H and O–H groups in total. The first-order valence-electron chi connectivity index (χ1n) is 6.96. The summed E-state index contributed by atoms with van der Waals surface area (Å²) in [6.45, 7) is 4.20. The minimum Gasteiger partial charge on any atom is -0.207 e. The number of aryl methyl sites for hydroxylation is 1. The highest BCUT2D eigenvalue weighted by Crippen LogP contribution is 2.29. The molecule has 3 nitrogen and oxygen atoms in total. The van der Waals surface area contributed by atoms with E-state index in [1.807, 2.05) is 19.1 Å². The highest BCUT2D eigenvalue weighted by molar-refractivity contribution is 7.89. The Bertz CT molecular complexity index is 514. The molecule has 0 unspecified atom stereocenters. The number of rotatable bonds is 3. The second kappa shape index (κ2) is 5.63. The van der Waals surface area contributed by atoms with Crippen LogP contribution in [0, 0.1) is 12.8 Å². The molecule has 0 atom stereocenters. The molecule has 0 spiro atoms. The smallest absolute Gasteiger partial charge is 0.207 e. The lowest BCUT2D eigenvalue weighted by atomic mass is 9.87. The third kappa shape index (κ3) is 3.18. The summed E-state index contributed by atoms with van der Waals surface area (Å²) in [6.07, 6.45) is 4.20. The lowest BCUT2D eigenvalue weighted by Gasteiger charge is -2.32. The van der Waals surface area contributed by atoms with Crippen molar-refractivity contribution in [2.45, 2.75) is 50.5 Å². The first kappa shape index (κ1) is 14.5. The molecule has 1 aliphatic rings. The minimum absolute atomic E-state index is 0.155. The van der Waals surface area contributed by atoms with Crippen molar-refractivity contribution < 1.29 is 8.42 Å². The second-order valence-electron chi connectivity index (χ2n) is 5.75. The Morgan fingerprint density at radius 3 is 2.11 bits per heavy atom. The van der Waals surface area contributed by atoms with Gasteiger partial charge in [-0.2, -0.15) is 4.31 Å². The first-order chi connectivity index (χ1) is 8.91. The van der Waals surface area contributed by atoms with Crippen molar-refractivity contribution in [1.29, 1.82) is 0 Å². The van der Waals surface area contributed by atoms with Crippen molar-refractivity contribution in [1.82, 2.24) is 4.31 Å². The summed E-state index contributed by atoms with van der Waals surface area (Å²) in [7, 11) is -1.62. The van der Waals surface area contributed by atoms with Gasteiger partial charge in [-0.1, -0.05) is 24.6 Å². The summed E-state index contributed by atoms with van der Waals surface area (Å²) in [5.41, 5.74) is 1.08. The van der Waals surface area contributed by atoms with E-state index in [1.54, 1.807) is 23.5 Å². The molecule has 2 rings (SSSR count). The van der Waals surface area contributed by atoms with Crippen molar-refractivity contribution >= 4 is 10.0 Å². The molecule has 1 aromatic carbocycles. The largest absolute Gasteiger partial charge is 0.243 e. The van der Waals surface area contributed by atoms with Crippen molar-refractivity contribution in [3.8, 4) is 0 Å². The van der Waals surface area contributed by atoms with Crippen molar-refractivity contribution in [2.24, 2.45) is 5.92 Å². The quantitative estimate of drug-likeness (QED) is 0.853. The van der Waals surface area contributed by atoms with Crippen LogP contribution in [-0.4, -0.2) is 25.8 Å². The van der Waals surface area contributed by atoms with Gasteiger partial charge in [-0.25, -0.2) is 8.42 Å². The van der Waals surface area contributed by atoms with Crippen LogP contribution in [0.2, 0.25) is 0 Å². The third-order valence-corrected chi connectivity index (χ3v) is 6.12. The van der Waals surface area contributed by atoms with Crippen LogP contribution in [0.4, 0.5) is 0 Å². The number of hydrogen-bond donors (Lipinski definition) is 0. The number of hydrogen-bond acceptors (Lipinski definition) is 2. The van der Waals surface area contributed by atoms with E-state index in [4.69, 9.17) is 0 Å². The molecule has 0 amide bonds. The van der Waals surface area contributed by atoms with Crippen LogP contribution in [0.1, 0.15) is 38.2 Å². The van der Waals surface area contributed by atoms with Gasteiger partial charge in [0.2, 0.25) is 10.0 Å².